The van der Waals surface area contributed by atoms with Gasteiger partial charge in [-0.25, -0.2) is 0 Å². The van der Waals surface area contributed by atoms with Crippen molar-refractivity contribution >= 4 is 15.9 Å². The summed E-state index contributed by atoms with van der Waals surface area (Å²) in [5.41, 5.74) is 1.61. The van der Waals surface area contributed by atoms with Crippen molar-refractivity contribution in [2.75, 3.05) is 20.2 Å². The number of methoxy groups -OCH3 is 1. The van der Waals surface area contributed by atoms with E-state index in [1.807, 2.05) is 6.07 Å². The predicted octanol–water partition coefficient (Wildman–Crippen LogP) is 3.81. The molecule has 1 heterocycles. The Morgan fingerprint density at radius 2 is 2.10 bits per heavy atom. The Balaban J connectivity index is 2.20. The van der Waals surface area contributed by atoms with Crippen LogP contribution >= 0.6 is 15.9 Å². The highest BCUT2D eigenvalue weighted by Gasteiger charge is 2.37. The molecule has 0 aromatic heterocycles. The molecule has 0 spiro atoms. The van der Waals surface area contributed by atoms with Gasteiger partial charge in [-0.1, -0.05) is 19.9 Å². The molecule has 0 saturated carbocycles. The number of hydrogen-bond acceptors (Lipinski definition) is 3. The average molecular weight is 355 g/mol. The standard InChI is InChI=1S/C17H27BrN2O/c1-5-17(6-2)12-19-13(3)10-20(17)11-14-7-8-16(21-4)15(18)9-14/h7-9,13,19H,5-6,10-12H2,1-4H3. The van der Waals surface area contributed by atoms with E-state index in [1.165, 1.54) is 18.4 Å². The number of nitrogens with zero attached hydrogens (tertiary/aromatic N) is 1. The Kier molecular flexibility index (Phi) is 5.69. The molecule has 0 aliphatic carbocycles. The molecule has 1 unspecified atom stereocenters. The van der Waals surface area contributed by atoms with Gasteiger partial charge in [-0.05, 0) is 53.4 Å². The predicted molar refractivity (Wildman–Crippen MR) is 91.9 cm³/mol. The Bertz CT molecular complexity index is 474. The van der Waals surface area contributed by atoms with Crippen molar-refractivity contribution in [3.05, 3.63) is 28.2 Å². The minimum atomic E-state index is 0.277. The van der Waals surface area contributed by atoms with Gasteiger partial charge in [0.1, 0.15) is 5.75 Å². The van der Waals surface area contributed by atoms with E-state index in [0.717, 1.165) is 29.9 Å². The molecule has 1 saturated heterocycles. The van der Waals surface area contributed by atoms with E-state index in [9.17, 15) is 0 Å². The number of benzene rings is 1. The second-order valence-corrected chi connectivity index (χ2v) is 6.92. The van der Waals surface area contributed by atoms with E-state index in [1.54, 1.807) is 7.11 Å². The second kappa shape index (κ2) is 7.12. The molecule has 1 N–H and O–H groups in total. The first kappa shape index (κ1) is 16.8. The lowest BCUT2D eigenvalue weighted by Crippen LogP contribution is -2.63. The molecule has 1 aliphatic heterocycles. The Hall–Kier alpha value is -0.580. The largest absolute Gasteiger partial charge is 0.496 e. The highest BCUT2D eigenvalue weighted by atomic mass is 79.9. The summed E-state index contributed by atoms with van der Waals surface area (Å²) < 4.78 is 6.35. The van der Waals surface area contributed by atoms with Gasteiger partial charge in [0.25, 0.3) is 0 Å². The summed E-state index contributed by atoms with van der Waals surface area (Å²) in [5, 5.41) is 3.65. The molecule has 0 radical (unpaired) electrons. The lowest BCUT2D eigenvalue weighted by molar-refractivity contribution is 0.0278. The zero-order valence-electron chi connectivity index (χ0n) is 13.6. The van der Waals surface area contributed by atoms with E-state index >= 15 is 0 Å². The van der Waals surface area contributed by atoms with Gasteiger partial charge >= 0.3 is 0 Å². The zero-order chi connectivity index (χ0) is 15.5. The molecular weight excluding hydrogens is 328 g/mol. The molecule has 1 fully saturated rings. The molecule has 21 heavy (non-hydrogen) atoms. The third-order valence-electron chi connectivity index (χ3n) is 4.85. The summed E-state index contributed by atoms with van der Waals surface area (Å²) in [4.78, 5) is 2.66. The van der Waals surface area contributed by atoms with Crippen molar-refractivity contribution in [2.24, 2.45) is 0 Å². The first-order valence-electron chi connectivity index (χ1n) is 7.85. The van der Waals surface area contributed by atoms with Gasteiger partial charge in [0.2, 0.25) is 0 Å². The van der Waals surface area contributed by atoms with Crippen LogP contribution in [0.1, 0.15) is 39.2 Å². The van der Waals surface area contributed by atoms with Crippen LogP contribution in [0, 0.1) is 0 Å². The fraction of sp³-hybridized carbons (Fsp3) is 0.647. The van der Waals surface area contributed by atoms with Gasteiger partial charge < -0.3 is 10.1 Å². The van der Waals surface area contributed by atoms with Crippen LogP contribution in [0.4, 0.5) is 0 Å². The Morgan fingerprint density at radius 1 is 1.38 bits per heavy atom. The molecule has 118 valence electrons. The topological polar surface area (TPSA) is 24.5 Å². The summed E-state index contributed by atoms with van der Waals surface area (Å²) in [5.74, 6) is 0.893. The Labute approximate surface area is 137 Å². The molecule has 2 rings (SSSR count). The van der Waals surface area contributed by atoms with Crippen LogP contribution in [0.25, 0.3) is 0 Å². The number of nitrogens with one attached hydrogen (secondary N) is 1. The molecule has 1 aromatic rings. The summed E-state index contributed by atoms with van der Waals surface area (Å²) in [7, 11) is 1.71. The van der Waals surface area contributed by atoms with Crippen molar-refractivity contribution in [1.82, 2.24) is 10.2 Å². The first-order valence-corrected chi connectivity index (χ1v) is 8.64. The van der Waals surface area contributed by atoms with Crippen LogP contribution in [-0.2, 0) is 6.54 Å². The lowest BCUT2D eigenvalue weighted by atomic mass is 9.87. The van der Waals surface area contributed by atoms with Crippen LogP contribution in [0.5, 0.6) is 5.75 Å². The highest BCUT2D eigenvalue weighted by molar-refractivity contribution is 9.10. The molecule has 0 amide bonds. The maximum atomic E-state index is 5.32. The van der Waals surface area contributed by atoms with Crippen LogP contribution in [0.15, 0.2) is 22.7 Å². The summed E-state index contributed by atoms with van der Waals surface area (Å²) in [6, 6.07) is 6.96. The van der Waals surface area contributed by atoms with Gasteiger partial charge in [0, 0.05) is 31.2 Å². The van der Waals surface area contributed by atoms with Crippen molar-refractivity contribution in [2.45, 2.75) is 51.7 Å². The summed E-state index contributed by atoms with van der Waals surface area (Å²) in [6.07, 6.45) is 2.36. The van der Waals surface area contributed by atoms with E-state index in [4.69, 9.17) is 4.74 Å². The van der Waals surface area contributed by atoms with E-state index < -0.39 is 0 Å². The van der Waals surface area contributed by atoms with Gasteiger partial charge in [0.05, 0.1) is 11.6 Å². The molecule has 1 atom stereocenters. The van der Waals surface area contributed by atoms with Crippen LogP contribution in [0.2, 0.25) is 0 Å². The van der Waals surface area contributed by atoms with Crippen molar-refractivity contribution in [3.8, 4) is 5.75 Å². The normalized spacial score (nSPS) is 22.2. The third kappa shape index (κ3) is 3.61. The lowest BCUT2D eigenvalue weighted by Gasteiger charge is -2.49. The first-order chi connectivity index (χ1) is 10.0. The molecule has 3 nitrogen and oxygen atoms in total. The van der Waals surface area contributed by atoms with Crippen LogP contribution in [0.3, 0.4) is 0 Å². The van der Waals surface area contributed by atoms with Gasteiger partial charge in [-0.15, -0.1) is 0 Å². The zero-order valence-corrected chi connectivity index (χ0v) is 15.2. The van der Waals surface area contributed by atoms with Crippen molar-refractivity contribution < 1.29 is 4.74 Å². The van der Waals surface area contributed by atoms with Crippen LogP contribution in [-0.4, -0.2) is 36.7 Å². The van der Waals surface area contributed by atoms with Crippen molar-refractivity contribution in [3.63, 3.8) is 0 Å². The smallest absolute Gasteiger partial charge is 0.133 e. The van der Waals surface area contributed by atoms with E-state index in [2.05, 4.69) is 59.1 Å². The average Bonchev–Trinajstić information content (AvgIpc) is 2.48. The number of ether oxygens (including phenoxy) is 1. The summed E-state index contributed by atoms with van der Waals surface area (Å²) >= 11 is 3.59. The van der Waals surface area contributed by atoms with Gasteiger partial charge in [0.15, 0.2) is 0 Å². The SMILES string of the molecule is CCC1(CC)CNC(C)CN1Cc1ccc(OC)c(Br)c1. The van der Waals surface area contributed by atoms with Gasteiger partial charge in [-0.2, -0.15) is 0 Å². The van der Waals surface area contributed by atoms with E-state index in [-0.39, 0.29) is 5.54 Å². The number of rotatable bonds is 5. The monoisotopic (exact) mass is 354 g/mol. The van der Waals surface area contributed by atoms with Gasteiger partial charge in [-0.3, -0.25) is 4.90 Å². The molecule has 1 aliphatic rings. The highest BCUT2D eigenvalue weighted by Crippen LogP contribution is 2.31. The Morgan fingerprint density at radius 3 is 2.67 bits per heavy atom. The maximum absolute atomic E-state index is 5.32. The summed E-state index contributed by atoms with van der Waals surface area (Å²) in [6.45, 7) is 10.1. The quantitative estimate of drug-likeness (QED) is 0.869. The van der Waals surface area contributed by atoms with Crippen LogP contribution < -0.4 is 10.1 Å². The molecular formula is C17H27BrN2O. The molecule has 1 aromatic carbocycles. The minimum Gasteiger partial charge on any atom is -0.496 e. The molecule has 4 heteroatoms. The van der Waals surface area contributed by atoms with E-state index in [0.29, 0.717) is 6.04 Å². The third-order valence-corrected chi connectivity index (χ3v) is 5.47. The molecule has 0 bridgehead atoms. The number of hydrogen-bond donors (Lipinski definition) is 1. The maximum Gasteiger partial charge on any atom is 0.133 e. The number of piperazine rings is 1. The fourth-order valence-corrected chi connectivity index (χ4v) is 3.86. The second-order valence-electron chi connectivity index (χ2n) is 6.06. The fourth-order valence-electron chi connectivity index (χ4n) is 3.27. The minimum absolute atomic E-state index is 0.277. The van der Waals surface area contributed by atoms with Crippen molar-refractivity contribution in [1.29, 1.82) is 0 Å². The number of halogens is 1.